The fourth-order valence-electron chi connectivity index (χ4n) is 2.38. The van der Waals surface area contributed by atoms with Crippen LogP contribution in [0.4, 0.5) is 5.69 Å². The van der Waals surface area contributed by atoms with Crippen LogP contribution in [0, 0.1) is 0 Å². The summed E-state index contributed by atoms with van der Waals surface area (Å²) < 4.78 is 12.1. The van der Waals surface area contributed by atoms with Gasteiger partial charge in [-0.3, -0.25) is 4.79 Å². The van der Waals surface area contributed by atoms with Gasteiger partial charge in [0.15, 0.2) is 0 Å². The molecule has 1 aliphatic heterocycles. The summed E-state index contributed by atoms with van der Waals surface area (Å²) in [5, 5.41) is 2.84. The minimum Gasteiger partial charge on any atom is -0.399 e. The number of carbonyl (C=O) groups excluding carboxylic acids is 1. The number of allylic oxidation sites excluding steroid dienone is 1. The van der Waals surface area contributed by atoms with Crippen LogP contribution in [0.15, 0.2) is 30.9 Å². The second-order valence-corrected chi connectivity index (χ2v) is 6.68. The van der Waals surface area contributed by atoms with Gasteiger partial charge in [-0.2, -0.15) is 0 Å². The zero-order valence-electron chi connectivity index (χ0n) is 14.0. The van der Waals surface area contributed by atoms with E-state index >= 15 is 0 Å². The highest BCUT2D eigenvalue weighted by molar-refractivity contribution is 6.62. The molecular weight excluding hydrogens is 277 g/mol. The van der Waals surface area contributed by atoms with Crippen molar-refractivity contribution in [2.24, 2.45) is 0 Å². The van der Waals surface area contributed by atoms with E-state index in [0.29, 0.717) is 6.42 Å². The third kappa shape index (κ3) is 3.26. The Bertz CT molecular complexity index is 580. The fraction of sp³-hybridized carbons (Fsp3) is 0.471. The van der Waals surface area contributed by atoms with Crippen LogP contribution in [0.25, 0.3) is 0 Å². The zero-order valence-corrected chi connectivity index (χ0v) is 14.0. The number of hydrogen-bond donors (Lipinski definition) is 1. The second kappa shape index (κ2) is 5.90. The van der Waals surface area contributed by atoms with Crippen molar-refractivity contribution < 1.29 is 14.1 Å². The van der Waals surface area contributed by atoms with E-state index in [0.717, 1.165) is 16.7 Å². The molecule has 5 heteroatoms. The van der Waals surface area contributed by atoms with Crippen molar-refractivity contribution in [2.45, 2.75) is 52.2 Å². The third-order valence-electron chi connectivity index (χ3n) is 4.33. The quantitative estimate of drug-likeness (QED) is 0.687. The summed E-state index contributed by atoms with van der Waals surface area (Å²) >= 11 is 0. The first kappa shape index (κ1) is 16.8. The lowest BCUT2D eigenvalue weighted by Crippen LogP contribution is -2.41. The third-order valence-corrected chi connectivity index (χ3v) is 4.33. The Morgan fingerprint density at radius 2 is 1.86 bits per heavy atom. The number of amides is 1. The molecule has 1 amide bonds. The Kier molecular flexibility index (Phi) is 4.50. The van der Waals surface area contributed by atoms with E-state index in [1.165, 1.54) is 6.92 Å². The Morgan fingerprint density at radius 3 is 2.36 bits per heavy atom. The van der Waals surface area contributed by atoms with Gasteiger partial charge in [-0.15, -0.1) is 6.58 Å². The molecule has 1 saturated heterocycles. The summed E-state index contributed by atoms with van der Waals surface area (Å²) in [7, 11) is -0.403. The van der Waals surface area contributed by atoms with E-state index in [1.54, 1.807) is 0 Å². The van der Waals surface area contributed by atoms with E-state index in [-0.39, 0.29) is 17.1 Å². The van der Waals surface area contributed by atoms with E-state index in [9.17, 15) is 4.79 Å². The standard InChI is InChI=1S/C17H24BNO3/c1-7-8-13-11-14(9-10-15(13)19-12(2)20)18-21-16(3,4)17(5,6)22-18/h7,9-11H,1,8H2,2-6H3,(H,19,20). The van der Waals surface area contributed by atoms with Crippen LogP contribution in [-0.4, -0.2) is 24.2 Å². The molecule has 0 aliphatic carbocycles. The number of carbonyl (C=O) groups is 1. The predicted molar refractivity (Wildman–Crippen MR) is 90.4 cm³/mol. The highest BCUT2D eigenvalue weighted by Crippen LogP contribution is 2.36. The second-order valence-electron chi connectivity index (χ2n) is 6.68. The van der Waals surface area contributed by atoms with Crippen molar-refractivity contribution in [1.82, 2.24) is 0 Å². The molecule has 1 heterocycles. The maximum absolute atomic E-state index is 11.3. The van der Waals surface area contributed by atoms with E-state index in [4.69, 9.17) is 9.31 Å². The minimum absolute atomic E-state index is 0.0892. The fourth-order valence-corrected chi connectivity index (χ4v) is 2.38. The molecule has 0 unspecified atom stereocenters. The van der Waals surface area contributed by atoms with Gasteiger partial charge in [-0.1, -0.05) is 18.2 Å². The van der Waals surface area contributed by atoms with Crippen molar-refractivity contribution in [3.63, 3.8) is 0 Å². The molecule has 4 nitrogen and oxygen atoms in total. The number of hydrogen-bond acceptors (Lipinski definition) is 3. The smallest absolute Gasteiger partial charge is 0.399 e. The summed E-state index contributed by atoms with van der Waals surface area (Å²) in [5.41, 5.74) is 2.01. The molecule has 1 fully saturated rings. The predicted octanol–water partition coefficient (Wildman–Crippen LogP) is 2.67. The Hall–Kier alpha value is -1.59. The molecule has 1 N–H and O–H groups in total. The Morgan fingerprint density at radius 1 is 1.27 bits per heavy atom. The van der Waals surface area contributed by atoms with Crippen LogP contribution >= 0.6 is 0 Å². The van der Waals surface area contributed by atoms with Crippen LogP contribution in [0.5, 0.6) is 0 Å². The van der Waals surface area contributed by atoms with Crippen molar-refractivity contribution in [1.29, 1.82) is 0 Å². The number of nitrogens with one attached hydrogen (secondary N) is 1. The molecular formula is C17H24BNO3. The first-order valence-corrected chi connectivity index (χ1v) is 7.53. The molecule has 22 heavy (non-hydrogen) atoms. The first-order valence-electron chi connectivity index (χ1n) is 7.53. The van der Waals surface area contributed by atoms with Crippen LogP contribution in [0.2, 0.25) is 0 Å². The molecule has 0 atom stereocenters. The minimum atomic E-state index is -0.403. The summed E-state index contributed by atoms with van der Waals surface area (Å²) in [4.78, 5) is 11.3. The zero-order chi connectivity index (χ0) is 16.5. The van der Waals surface area contributed by atoms with E-state index in [1.807, 2.05) is 52.0 Å². The summed E-state index contributed by atoms with van der Waals surface area (Å²) in [6.07, 6.45) is 2.48. The molecule has 0 spiro atoms. The van der Waals surface area contributed by atoms with Crippen LogP contribution < -0.4 is 10.8 Å². The van der Waals surface area contributed by atoms with E-state index in [2.05, 4.69) is 11.9 Å². The van der Waals surface area contributed by atoms with Gasteiger partial charge in [0.25, 0.3) is 0 Å². The van der Waals surface area contributed by atoms with Crippen LogP contribution in [0.1, 0.15) is 40.2 Å². The molecule has 0 radical (unpaired) electrons. The van der Waals surface area contributed by atoms with Gasteiger partial charge < -0.3 is 14.6 Å². The van der Waals surface area contributed by atoms with Gasteiger partial charge in [-0.05, 0) is 51.2 Å². The molecule has 1 aromatic carbocycles. The maximum atomic E-state index is 11.3. The van der Waals surface area contributed by atoms with Gasteiger partial charge in [0.1, 0.15) is 0 Å². The topological polar surface area (TPSA) is 47.6 Å². The lowest BCUT2D eigenvalue weighted by atomic mass is 9.78. The molecule has 0 aromatic heterocycles. The van der Waals surface area contributed by atoms with Crippen molar-refractivity contribution >= 4 is 24.2 Å². The Labute approximate surface area is 133 Å². The summed E-state index contributed by atoms with van der Waals surface area (Å²) in [6.45, 7) is 13.4. The SMILES string of the molecule is C=CCc1cc(B2OC(C)(C)C(C)(C)O2)ccc1NC(C)=O. The monoisotopic (exact) mass is 301 g/mol. The van der Waals surface area contributed by atoms with Crippen molar-refractivity contribution in [3.05, 3.63) is 36.4 Å². The largest absolute Gasteiger partial charge is 0.494 e. The van der Waals surface area contributed by atoms with Gasteiger partial charge in [0, 0.05) is 12.6 Å². The number of benzene rings is 1. The summed E-state index contributed by atoms with van der Waals surface area (Å²) in [5.74, 6) is -0.0892. The van der Waals surface area contributed by atoms with Crippen molar-refractivity contribution in [2.75, 3.05) is 5.32 Å². The molecule has 1 aliphatic rings. The van der Waals surface area contributed by atoms with Gasteiger partial charge in [0.2, 0.25) is 5.91 Å². The molecule has 2 rings (SSSR count). The van der Waals surface area contributed by atoms with Crippen LogP contribution in [0.3, 0.4) is 0 Å². The lowest BCUT2D eigenvalue weighted by Gasteiger charge is -2.32. The number of anilines is 1. The maximum Gasteiger partial charge on any atom is 0.494 e. The average Bonchev–Trinajstić information content (AvgIpc) is 2.60. The van der Waals surface area contributed by atoms with Gasteiger partial charge in [-0.25, -0.2) is 0 Å². The molecule has 118 valence electrons. The van der Waals surface area contributed by atoms with Gasteiger partial charge >= 0.3 is 7.12 Å². The Balaban J connectivity index is 2.32. The van der Waals surface area contributed by atoms with Gasteiger partial charge in [0.05, 0.1) is 11.2 Å². The van der Waals surface area contributed by atoms with E-state index < -0.39 is 7.12 Å². The first-order chi connectivity index (χ1) is 10.2. The molecule has 1 aromatic rings. The van der Waals surface area contributed by atoms with Crippen LogP contribution in [-0.2, 0) is 20.5 Å². The van der Waals surface area contributed by atoms with Crippen molar-refractivity contribution in [3.8, 4) is 0 Å². The molecule has 0 bridgehead atoms. The average molecular weight is 301 g/mol. The lowest BCUT2D eigenvalue weighted by molar-refractivity contribution is -0.114. The normalized spacial score (nSPS) is 19.0. The molecule has 0 saturated carbocycles. The highest BCUT2D eigenvalue weighted by Gasteiger charge is 2.51. The highest BCUT2D eigenvalue weighted by atomic mass is 16.7. The number of rotatable bonds is 4. The summed E-state index contributed by atoms with van der Waals surface area (Å²) in [6, 6.07) is 5.83.